The molecule has 1 atom stereocenters. The summed E-state index contributed by atoms with van der Waals surface area (Å²) in [6, 6.07) is 7.36. The lowest BCUT2D eigenvalue weighted by molar-refractivity contribution is -0.136. The van der Waals surface area contributed by atoms with Crippen molar-refractivity contribution in [2.24, 2.45) is 0 Å². The first-order chi connectivity index (χ1) is 12.5. The number of nitrogens with one attached hydrogen (secondary N) is 2. The molecule has 3 aliphatic rings. The summed E-state index contributed by atoms with van der Waals surface area (Å²) in [6.07, 6.45) is 4.26. The summed E-state index contributed by atoms with van der Waals surface area (Å²) in [5.74, 6) is 0.163. The fourth-order valence-electron chi connectivity index (χ4n) is 3.68. The highest BCUT2D eigenvalue weighted by atomic mass is 16.5. The molecule has 2 N–H and O–H groups in total. The van der Waals surface area contributed by atoms with Crippen molar-refractivity contribution in [3.8, 4) is 5.75 Å². The predicted molar refractivity (Wildman–Crippen MR) is 93.5 cm³/mol. The summed E-state index contributed by atoms with van der Waals surface area (Å²) in [7, 11) is 0. The molecule has 1 aliphatic carbocycles. The number of amides is 3. The van der Waals surface area contributed by atoms with Gasteiger partial charge in [-0.05, 0) is 31.4 Å². The Morgan fingerprint density at radius 1 is 1.27 bits per heavy atom. The molecule has 7 heteroatoms. The maximum absolute atomic E-state index is 12.4. The fourth-order valence-corrected chi connectivity index (χ4v) is 3.68. The monoisotopic (exact) mass is 357 g/mol. The van der Waals surface area contributed by atoms with Gasteiger partial charge in [-0.25, -0.2) is 0 Å². The predicted octanol–water partition coefficient (Wildman–Crippen LogP) is 1.19. The van der Waals surface area contributed by atoms with E-state index in [0.29, 0.717) is 30.7 Å². The SMILES string of the molecule is O=C(CN1CCC2(CCC1=O)NC(=O)c1ccccc1O2)NC1CCC1. The van der Waals surface area contributed by atoms with E-state index in [9.17, 15) is 14.4 Å². The van der Waals surface area contributed by atoms with Gasteiger partial charge in [0.25, 0.3) is 5.91 Å². The minimum atomic E-state index is -0.889. The normalized spacial score (nSPS) is 25.6. The maximum atomic E-state index is 12.4. The number of nitrogens with zero attached hydrogens (tertiary/aromatic N) is 1. The van der Waals surface area contributed by atoms with Gasteiger partial charge < -0.3 is 20.3 Å². The zero-order valence-corrected chi connectivity index (χ0v) is 14.6. The Bertz CT molecular complexity index is 746. The second-order valence-corrected chi connectivity index (χ2v) is 7.31. The topological polar surface area (TPSA) is 87.7 Å². The van der Waals surface area contributed by atoms with Gasteiger partial charge in [0.2, 0.25) is 11.8 Å². The third-order valence-corrected chi connectivity index (χ3v) is 5.46. The molecule has 1 aromatic carbocycles. The Hall–Kier alpha value is -2.57. The molecular formula is C19H23N3O4. The van der Waals surface area contributed by atoms with Crippen LogP contribution < -0.4 is 15.4 Å². The summed E-state index contributed by atoms with van der Waals surface area (Å²) in [6.45, 7) is 0.440. The number of rotatable bonds is 3. The third-order valence-electron chi connectivity index (χ3n) is 5.46. The van der Waals surface area contributed by atoms with Crippen LogP contribution in [0.15, 0.2) is 24.3 Å². The average Bonchev–Trinajstić information content (AvgIpc) is 2.73. The molecule has 0 aromatic heterocycles. The van der Waals surface area contributed by atoms with Gasteiger partial charge in [-0.15, -0.1) is 0 Å². The van der Waals surface area contributed by atoms with Gasteiger partial charge in [-0.1, -0.05) is 12.1 Å². The molecule has 4 rings (SSSR count). The third kappa shape index (κ3) is 3.25. The van der Waals surface area contributed by atoms with Crippen molar-refractivity contribution in [1.82, 2.24) is 15.5 Å². The van der Waals surface area contributed by atoms with Crippen LogP contribution in [0, 0.1) is 0 Å². The second-order valence-electron chi connectivity index (χ2n) is 7.31. The highest BCUT2D eigenvalue weighted by molar-refractivity contribution is 5.98. The summed E-state index contributed by atoms with van der Waals surface area (Å²) in [5.41, 5.74) is -0.384. The van der Waals surface area contributed by atoms with Crippen molar-refractivity contribution in [2.45, 2.75) is 50.3 Å². The summed E-state index contributed by atoms with van der Waals surface area (Å²) in [4.78, 5) is 38.6. The molecule has 1 saturated carbocycles. The molecule has 2 heterocycles. The summed E-state index contributed by atoms with van der Waals surface area (Å²) in [5, 5.41) is 5.89. The Morgan fingerprint density at radius 3 is 2.85 bits per heavy atom. The van der Waals surface area contributed by atoms with Crippen LogP contribution in [0.2, 0.25) is 0 Å². The van der Waals surface area contributed by atoms with Crippen LogP contribution in [0.1, 0.15) is 48.9 Å². The molecule has 7 nitrogen and oxygen atoms in total. The zero-order valence-electron chi connectivity index (χ0n) is 14.6. The molecule has 0 bridgehead atoms. The standard InChI is InChI=1S/C19H23N3O4/c23-16(20-13-4-3-5-13)12-22-11-10-19(9-8-17(22)24)21-18(25)14-6-1-2-7-15(14)26-19/h1-2,6-7,13H,3-5,8-12H2,(H,20,23)(H,21,25). The minimum absolute atomic E-state index is 0.0654. The lowest BCUT2D eigenvalue weighted by atomic mass is 9.93. The van der Waals surface area contributed by atoms with E-state index in [1.54, 1.807) is 23.1 Å². The largest absolute Gasteiger partial charge is 0.467 e. The zero-order chi connectivity index (χ0) is 18.1. The van der Waals surface area contributed by atoms with E-state index >= 15 is 0 Å². The first-order valence-corrected chi connectivity index (χ1v) is 9.22. The molecule has 138 valence electrons. The van der Waals surface area contributed by atoms with Crippen LogP contribution in [0.3, 0.4) is 0 Å². The molecule has 2 fully saturated rings. The molecule has 1 saturated heterocycles. The second kappa shape index (κ2) is 6.63. The number of para-hydroxylation sites is 1. The van der Waals surface area contributed by atoms with Gasteiger partial charge in [0.1, 0.15) is 5.75 Å². The number of fused-ring (bicyclic) bond motifs is 1. The molecule has 2 aliphatic heterocycles. The number of ether oxygens (including phenoxy) is 1. The molecule has 1 unspecified atom stereocenters. The molecular weight excluding hydrogens is 334 g/mol. The number of hydrogen-bond donors (Lipinski definition) is 2. The Labute approximate surface area is 152 Å². The van der Waals surface area contributed by atoms with Crippen LogP contribution in [0.5, 0.6) is 5.75 Å². The van der Waals surface area contributed by atoms with Gasteiger partial charge in [-0.3, -0.25) is 14.4 Å². The number of benzene rings is 1. The number of carbonyl (C=O) groups is 3. The molecule has 0 radical (unpaired) electrons. The Kier molecular flexibility index (Phi) is 4.30. The van der Waals surface area contributed by atoms with E-state index < -0.39 is 5.72 Å². The number of likely N-dealkylation sites (tertiary alicyclic amines) is 1. The molecule has 26 heavy (non-hydrogen) atoms. The minimum Gasteiger partial charge on any atom is -0.467 e. The van der Waals surface area contributed by atoms with Crippen molar-refractivity contribution >= 4 is 17.7 Å². The van der Waals surface area contributed by atoms with E-state index in [2.05, 4.69) is 10.6 Å². The van der Waals surface area contributed by atoms with Gasteiger partial charge in [-0.2, -0.15) is 0 Å². The van der Waals surface area contributed by atoms with Crippen LogP contribution >= 0.6 is 0 Å². The van der Waals surface area contributed by atoms with Gasteiger partial charge in [0, 0.05) is 31.8 Å². The smallest absolute Gasteiger partial charge is 0.258 e. The molecule has 3 amide bonds. The van der Waals surface area contributed by atoms with Gasteiger partial charge >= 0.3 is 0 Å². The summed E-state index contributed by atoms with van der Waals surface area (Å²) < 4.78 is 6.09. The van der Waals surface area contributed by atoms with E-state index in [1.807, 2.05) is 6.07 Å². The quantitative estimate of drug-likeness (QED) is 0.851. The van der Waals surface area contributed by atoms with Crippen molar-refractivity contribution in [3.05, 3.63) is 29.8 Å². The van der Waals surface area contributed by atoms with E-state index in [0.717, 1.165) is 19.3 Å². The number of carbonyl (C=O) groups excluding carboxylic acids is 3. The van der Waals surface area contributed by atoms with Gasteiger partial charge in [0.15, 0.2) is 5.72 Å². The van der Waals surface area contributed by atoms with E-state index in [1.165, 1.54) is 0 Å². The Balaban J connectivity index is 1.43. The fraction of sp³-hybridized carbons (Fsp3) is 0.526. The molecule has 1 spiro atoms. The lowest BCUT2D eigenvalue weighted by Gasteiger charge is -2.38. The number of hydrogen-bond acceptors (Lipinski definition) is 4. The van der Waals surface area contributed by atoms with Crippen LogP contribution in [0.4, 0.5) is 0 Å². The van der Waals surface area contributed by atoms with Crippen molar-refractivity contribution in [2.75, 3.05) is 13.1 Å². The average molecular weight is 357 g/mol. The van der Waals surface area contributed by atoms with Crippen molar-refractivity contribution in [3.63, 3.8) is 0 Å². The first kappa shape index (κ1) is 16.9. The molecule has 1 aromatic rings. The van der Waals surface area contributed by atoms with Crippen LogP contribution in [-0.4, -0.2) is 47.5 Å². The first-order valence-electron chi connectivity index (χ1n) is 9.22. The van der Waals surface area contributed by atoms with Crippen molar-refractivity contribution in [1.29, 1.82) is 0 Å². The van der Waals surface area contributed by atoms with E-state index in [-0.39, 0.29) is 36.7 Å². The highest BCUT2D eigenvalue weighted by Gasteiger charge is 2.42. The highest BCUT2D eigenvalue weighted by Crippen LogP contribution is 2.33. The summed E-state index contributed by atoms with van der Waals surface area (Å²) >= 11 is 0. The Morgan fingerprint density at radius 2 is 2.08 bits per heavy atom. The lowest BCUT2D eigenvalue weighted by Crippen LogP contribution is -2.56. The van der Waals surface area contributed by atoms with Gasteiger partial charge in [0.05, 0.1) is 12.1 Å². The maximum Gasteiger partial charge on any atom is 0.258 e. The van der Waals surface area contributed by atoms with Crippen LogP contribution in [-0.2, 0) is 9.59 Å². The van der Waals surface area contributed by atoms with E-state index in [4.69, 9.17) is 4.74 Å². The van der Waals surface area contributed by atoms with Crippen LogP contribution in [0.25, 0.3) is 0 Å². The van der Waals surface area contributed by atoms with Crippen molar-refractivity contribution < 1.29 is 19.1 Å².